The lowest BCUT2D eigenvalue weighted by Gasteiger charge is -2.26. The number of nitrogens with zero attached hydrogens (tertiary/aromatic N) is 2. The zero-order chi connectivity index (χ0) is 22.4. The number of sulfonamides is 1. The van der Waals surface area contributed by atoms with E-state index in [0.29, 0.717) is 5.69 Å². The molecule has 0 bridgehead atoms. The maximum atomic E-state index is 13.4. The van der Waals surface area contributed by atoms with E-state index < -0.39 is 22.5 Å². The molecule has 0 spiro atoms. The molecule has 0 saturated carbocycles. The van der Waals surface area contributed by atoms with E-state index in [-0.39, 0.29) is 4.90 Å². The molecule has 0 radical (unpaired) electrons. The van der Waals surface area contributed by atoms with E-state index >= 15 is 0 Å². The van der Waals surface area contributed by atoms with Gasteiger partial charge in [-0.15, -0.1) is 0 Å². The van der Waals surface area contributed by atoms with Gasteiger partial charge in [0, 0.05) is 4.47 Å². The molecule has 6 nitrogen and oxygen atoms in total. The summed E-state index contributed by atoms with van der Waals surface area (Å²) in [7, 11) is -3.95. The van der Waals surface area contributed by atoms with Gasteiger partial charge < -0.3 is 0 Å². The van der Waals surface area contributed by atoms with E-state index in [9.17, 15) is 13.2 Å². The first-order valence-electron chi connectivity index (χ1n) is 9.50. The van der Waals surface area contributed by atoms with E-state index in [2.05, 4.69) is 26.5 Å². The summed E-state index contributed by atoms with van der Waals surface area (Å²) in [5, 5.41) is 3.95. The van der Waals surface area contributed by atoms with Gasteiger partial charge in [-0.05, 0) is 60.9 Å². The largest absolute Gasteiger partial charge is 0.271 e. The first-order valence-corrected chi connectivity index (χ1v) is 11.7. The minimum absolute atomic E-state index is 0.113. The van der Waals surface area contributed by atoms with Crippen LogP contribution < -0.4 is 9.73 Å². The van der Waals surface area contributed by atoms with Crippen LogP contribution in [0.2, 0.25) is 0 Å². The first-order chi connectivity index (χ1) is 14.8. The van der Waals surface area contributed by atoms with Gasteiger partial charge in [0.1, 0.15) is 6.54 Å². The molecule has 3 aromatic rings. The molecule has 0 aromatic heterocycles. The number of amides is 1. The van der Waals surface area contributed by atoms with Crippen LogP contribution in [0.5, 0.6) is 0 Å². The predicted molar refractivity (Wildman–Crippen MR) is 127 cm³/mol. The summed E-state index contributed by atoms with van der Waals surface area (Å²) in [6, 6.07) is 20.8. The van der Waals surface area contributed by atoms with E-state index in [0.717, 1.165) is 25.5 Å². The second kappa shape index (κ2) is 9.89. The number of hydrazone groups is 1. The monoisotopic (exact) mass is 499 g/mol. The Hall–Kier alpha value is -2.97. The van der Waals surface area contributed by atoms with Gasteiger partial charge in [0.15, 0.2) is 0 Å². The van der Waals surface area contributed by atoms with Crippen LogP contribution in [0.3, 0.4) is 0 Å². The standard InChI is InChI=1S/C23H22BrN3O3S/c1-17-7-6-10-22(18(17)2)27(31(29,30)21-8-4-3-5-9-21)16-23(28)26-25-15-19-11-13-20(24)14-12-19/h3-15H,16H2,1-2H3,(H,26,28)/b25-15-. The Balaban J connectivity index is 1.87. The zero-order valence-electron chi connectivity index (χ0n) is 17.1. The minimum atomic E-state index is -3.95. The third-order valence-corrected chi connectivity index (χ3v) is 7.04. The van der Waals surface area contributed by atoms with Crippen molar-refractivity contribution in [1.29, 1.82) is 0 Å². The fraction of sp³-hybridized carbons (Fsp3) is 0.130. The number of benzene rings is 3. The zero-order valence-corrected chi connectivity index (χ0v) is 19.5. The van der Waals surface area contributed by atoms with Crippen molar-refractivity contribution in [3.8, 4) is 0 Å². The highest BCUT2D eigenvalue weighted by Gasteiger charge is 2.28. The molecule has 8 heteroatoms. The van der Waals surface area contributed by atoms with E-state index in [1.807, 2.05) is 44.2 Å². The van der Waals surface area contributed by atoms with Gasteiger partial charge >= 0.3 is 0 Å². The average Bonchev–Trinajstić information content (AvgIpc) is 2.76. The third-order valence-electron chi connectivity index (χ3n) is 4.74. The Kier molecular flexibility index (Phi) is 7.25. The molecule has 1 amide bonds. The molecule has 0 atom stereocenters. The lowest BCUT2D eigenvalue weighted by atomic mass is 10.1. The number of carbonyl (C=O) groups excluding carboxylic acids is 1. The molecule has 160 valence electrons. The number of anilines is 1. The maximum absolute atomic E-state index is 13.4. The number of hydrogen-bond acceptors (Lipinski definition) is 4. The molecular weight excluding hydrogens is 478 g/mol. The molecule has 3 aromatic carbocycles. The maximum Gasteiger partial charge on any atom is 0.264 e. The van der Waals surface area contributed by atoms with Crippen LogP contribution in [-0.2, 0) is 14.8 Å². The fourth-order valence-corrected chi connectivity index (χ4v) is 4.68. The minimum Gasteiger partial charge on any atom is -0.271 e. The summed E-state index contributed by atoms with van der Waals surface area (Å²) in [4.78, 5) is 12.7. The number of rotatable bonds is 7. The molecule has 0 aliphatic rings. The van der Waals surface area contributed by atoms with E-state index in [1.54, 1.807) is 30.3 Å². The fourth-order valence-electron chi connectivity index (χ4n) is 2.92. The van der Waals surface area contributed by atoms with Gasteiger partial charge in [0.05, 0.1) is 16.8 Å². The van der Waals surface area contributed by atoms with Crippen LogP contribution in [0.25, 0.3) is 0 Å². The summed E-state index contributed by atoms with van der Waals surface area (Å²) in [5.41, 5.74) is 5.38. The Morgan fingerprint density at radius 1 is 1.00 bits per heavy atom. The smallest absolute Gasteiger partial charge is 0.264 e. The van der Waals surface area contributed by atoms with E-state index in [4.69, 9.17) is 0 Å². The molecule has 0 aliphatic carbocycles. The first kappa shape index (κ1) is 22.7. The van der Waals surface area contributed by atoms with Crippen LogP contribution in [0.15, 0.2) is 87.3 Å². The van der Waals surface area contributed by atoms with Crippen molar-refractivity contribution < 1.29 is 13.2 Å². The summed E-state index contributed by atoms with van der Waals surface area (Å²) in [6.07, 6.45) is 1.50. The van der Waals surface area contributed by atoms with Crippen LogP contribution in [0, 0.1) is 13.8 Å². The summed E-state index contributed by atoms with van der Waals surface area (Å²) >= 11 is 3.36. The number of hydrogen-bond donors (Lipinski definition) is 1. The topological polar surface area (TPSA) is 78.8 Å². The van der Waals surface area contributed by atoms with Gasteiger partial charge in [-0.25, -0.2) is 13.8 Å². The van der Waals surface area contributed by atoms with Crippen LogP contribution >= 0.6 is 15.9 Å². The molecule has 3 rings (SSSR count). The van der Waals surface area contributed by atoms with Gasteiger partial charge in [-0.3, -0.25) is 9.10 Å². The van der Waals surface area contributed by atoms with Crippen molar-refractivity contribution >= 4 is 43.8 Å². The molecule has 31 heavy (non-hydrogen) atoms. The van der Waals surface area contributed by atoms with E-state index in [1.165, 1.54) is 18.3 Å². The van der Waals surface area contributed by atoms with Crippen molar-refractivity contribution in [2.45, 2.75) is 18.7 Å². The highest BCUT2D eigenvalue weighted by atomic mass is 79.9. The Bertz CT molecular complexity index is 1190. The summed E-state index contributed by atoms with van der Waals surface area (Å²) in [6.45, 7) is 3.33. The number of aryl methyl sites for hydroxylation is 1. The Morgan fingerprint density at radius 3 is 2.35 bits per heavy atom. The molecule has 1 N–H and O–H groups in total. The second-order valence-electron chi connectivity index (χ2n) is 6.89. The molecule has 0 aliphatic heterocycles. The van der Waals surface area contributed by atoms with Gasteiger partial charge in [0.25, 0.3) is 15.9 Å². The molecular formula is C23H22BrN3O3S. The molecule has 0 saturated heterocycles. The van der Waals surface area contributed by atoms with Gasteiger partial charge in [-0.1, -0.05) is 58.4 Å². The average molecular weight is 500 g/mol. The van der Waals surface area contributed by atoms with Crippen LogP contribution in [-0.4, -0.2) is 27.1 Å². The van der Waals surface area contributed by atoms with Crippen molar-refractivity contribution in [3.63, 3.8) is 0 Å². The van der Waals surface area contributed by atoms with Crippen molar-refractivity contribution in [2.24, 2.45) is 5.10 Å². The van der Waals surface area contributed by atoms with Gasteiger partial charge in [0.2, 0.25) is 0 Å². The predicted octanol–water partition coefficient (Wildman–Crippen LogP) is 4.41. The van der Waals surface area contributed by atoms with Crippen molar-refractivity contribution in [3.05, 3.63) is 94.0 Å². The molecule has 0 heterocycles. The van der Waals surface area contributed by atoms with Crippen molar-refractivity contribution in [1.82, 2.24) is 5.43 Å². The molecule has 0 fully saturated rings. The lowest BCUT2D eigenvalue weighted by Crippen LogP contribution is -2.40. The SMILES string of the molecule is Cc1cccc(N(CC(=O)N/N=C\c2ccc(Br)cc2)S(=O)(=O)c2ccccc2)c1C. The molecule has 0 unspecified atom stereocenters. The Morgan fingerprint density at radius 2 is 1.68 bits per heavy atom. The third kappa shape index (κ3) is 5.59. The number of carbonyl (C=O) groups is 1. The van der Waals surface area contributed by atoms with Gasteiger partial charge in [-0.2, -0.15) is 5.10 Å². The van der Waals surface area contributed by atoms with Crippen LogP contribution in [0.1, 0.15) is 16.7 Å². The van der Waals surface area contributed by atoms with Crippen molar-refractivity contribution in [2.75, 3.05) is 10.8 Å². The second-order valence-corrected chi connectivity index (χ2v) is 9.67. The Labute approximate surface area is 190 Å². The number of nitrogens with one attached hydrogen (secondary N) is 1. The normalized spacial score (nSPS) is 11.5. The lowest BCUT2D eigenvalue weighted by molar-refractivity contribution is -0.119. The quantitative estimate of drug-likeness (QED) is 0.386. The highest BCUT2D eigenvalue weighted by molar-refractivity contribution is 9.10. The summed E-state index contributed by atoms with van der Waals surface area (Å²) in [5.74, 6) is -0.547. The highest BCUT2D eigenvalue weighted by Crippen LogP contribution is 2.28. The number of halogens is 1. The summed E-state index contributed by atoms with van der Waals surface area (Å²) < 4.78 is 28.8. The van der Waals surface area contributed by atoms with Crippen LogP contribution in [0.4, 0.5) is 5.69 Å².